The molecule has 0 bridgehead atoms. The summed E-state index contributed by atoms with van der Waals surface area (Å²) in [6.07, 6.45) is 1.74. The normalized spacial score (nSPS) is 21.4. The van der Waals surface area contributed by atoms with Crippen LogP contribution in [0.1, 0.15) is 18.9 Å². The van der Waals surface area contributed by atoms with E-state index in [9.17, 15) is 4.39 Å². The second kappa shape index (κ2) is 8.08. The molecular formula is C16H24ClFN2O. The van der Waals surface area contributed by atoms with E-state index in [0.29, 0.717) is 17.0 Å². The van der Waals surface area contributed by atoms with Gasteiger partial charge < -0.3 is 15.0 Å². The lowest BCUT2D eigenvalue weighted by Crippen LogP contribution is -2.52. The molecule has 0 aliphatic carbocycles. The summed E-state index contributed by atoms with van der Waals surface area (Å²) in [5.74, 6) is -0.241. The van der Waals surface area contributed by atoms with Crippen molar-refractivity contribution in [3.05, 3.63) is 34.6 Å². The molecule has 0 amide bonds. The number of hydrogen-bond acceptors (Lipinski definition) is 3. The van der Waals surface area contributed by atoms with Gasteiger partial charge in [0.15, 0.2) is 0 Å². The van der Waals surface area contributed by atoms with E-state index < -0.39 is 0 Å². The highest BCUT2D eigenvalue weighted by Crippen LogP contribution is 2.18. The van der Waals surface area contributed by atoms with Crippen LogP contribution in [0.4, 0.5) is 4.39 Å². The van der Waals surface area contributed by atoms with E-state index in [1.807, 2.05) is 0 Å². The molecule has 0 saturated carbocycles. The zero-order chi connectivity index (χ0) is 15.2. The highest BCUT2D eigenvalue weighted by Gasteiger charge is 2.27. The molecule has 1 aliphatic heterocycles. The Labute approximate surface area is 131 Å². The number of ether oxygens (including phenoxy) is 1. The molecule has 1 aliphatic rings. The van der Waals surface area contributed by atoms with Crippen molar-refractivity contribution in [2.24, 2.45) is 0 Å². The standard InChI is InChI=1S/C16H24ClFN2O/c1-3-6-19-15(16-11-20(2)7-8-21-16)9-12-4-5-13(17)10-14(12)18/h4-5,10,15-16,19H,3,6-9,11H2,1-2H3. The van der Waals surface area contributed by atoms with Crippen LogP contribution in [0.15, 0.2) is 18.2 Å². The first-order chi connectivity index (χ1) is 10.1. The average Bonchev–Trinajstić information content (AvgIpc) is 2.45. The summed E-state index contributed by atoms with van der Waals surface area (Å²) in [5.41, 5.74) is 0.685. The predicted molar refractivity (Wildman–Crippen MR) is 84.4 cm³/mol. The molecular weight excluding hydrogens is 291 g/mol. The number of nitrogens with zero attached hydrogens (tertiary/aromatic N) is 1. The van der Waals surface area contributed by atoms with Crippen LogP contribution >= 0.6 is 11.6 Å². The molecule has 3 nitrogen and oxygen atoms in total. The van der Waals surface area contributed by atoms with Crippen LogP contribution in [-0.2, 0) is 11.2 Å². The van der Waals surface area contributed by atoms with Crippen molar-refractivity contribution in [2.75, 3.05) is 33.3 Å². The Morgan fingerprint density at radius 3 is 3.00 bits per heavy atom. The Kier molecular flexibility index (Phi) is 6.42. The Morgan fingerprint density at radius 1 is 1.52 bits per heavy atom. The van der Waals surface area contributed by atoms with Crippen LogP contribution in [0.5, 0.6) is 0 Å². The molecule has 1 fully saturated rings. The predicted octanol–water partition coefficient (Wildman–Crippen LogP) is 2.72. The molecule has 2 unspecified atom stereocenters. The Hall–Kier alpha value is -0.680. The average molecular weight is 315 g/mol. The van der Waals surface area contributed by atoms with Crippen molar-refractivity contribution in [3.8, 4) is 0 Å². The highest BCUT2D eigenvalue weighted by molar-refractivity contribution is 6.30. The number of nitrogens with one attached hydrogen (secondary N) is 1. The van der Waals surface area contributed by atoms with Gasteiger partial charge in [0.2, 0.25) is 0 Å². The number of rotatable bonds is 6. The fraction of sp³-hybridized carbons (Fsp3) is 0.625. The minimum absolute atomic E-state index is 0.0883. The number of hydrogen-bond donors (Lipinski definition) is 1. The van der Waals surface area contributed by atoms with E-state index in [1.54, 1.807) is 12.1 Å². The van der Waals surface area contributed by atoms with E-state index in [2.05, 4.69) is 24.2 Å². The van der Waals surface area contributed by atoms with Gasteiger partial charge >= 0.3 is 0 Å². The lowest BCUT2D eigenvalue weighted by atomic mass is 9.99. The summed E-state index contributed by atoms with van der Waals surface area (Å²) < 4.78 is 19.9. The fourth-order valence-electron chi connectivity index (χ4n) is 2.64. The van der Waals surface area contributed by atoms with Crippen molar-refractivity contribution >= 4 is 11.6 Å². The quantitative estimate of drug-likeness (QED) is 0.874. The van der Waals surface area contributed by atoms with Crippen molar-refractivity contribution in [2.45, 2.75) is 31.9 Å². The summed E-state index contributed by atoms with van der Waals surface area (Å²) in [7, 11) is 2.09. The van der Waals surface area contributed by atoms with Gasteiger partial charge in [-0.2, -0.15) is 0 Å². The lowest BCUT2D eigenvalue weighted by Gasteiger charge is -2.35. The maximum Gasteiger partial charge on any atom is 0.127 e. The van der Waals surface area contributed by atoms with Crippen LogP contribution in [0.25, 0.3) is 0 Å². The topological polar surface area (TPSA) is 24.5 Å². The minimum Gasteiger partial charge on any atom is -0.374 e. The summed E-state index contributed by atoms with van der Waals surface area (Å²) in [6, 6.07) is 5.00. The lowest BCUT2D eigenvalue weighted by molar-refractivity contribution is -0.0384. The van der Waals surface area contributed by atoms with Gasteiger partial charge in [0, 0.05) is 24.2 Å². The first kappa shape index (κ1) is 16.7. The Balaban J connectivity index is 2.07. The van der Waals surface area contributed by atoms with Gasteiger partial charge in [-0.05, 0) is 44.1 Å². The zero-order valence-electron chi connectivity index (χ0n) is 12.7. The third-order valence-electron chi connectivity index (χ3n) is 3.86. The molecule has 1 saturated heterocycles. The van der Waals surface area contributed by atoms with Crippen LogP contribution in [0.2, 0.25) is 5.02 Å². The van der Waals surface area contributed by atoms with Crippen LogP contribution < -0.4 is 5.32 Å². The van der Waals surface area contributed by atoms with Crippen LogP contribution in [-0.4, -0.2) is 50.3 Å². The van der Waals surface area contributed by atoms with Gasteiger partial charge in [-0.15, -0.1) is 0 Å². The number of morpholine rings is 1. The molecule has 0 aromatic heterocycles. The summed E-state index contributed by atoms with van der Waals surface area (Å²) in [5, 5.41) is 3.93. The van der Waals surface area contributed by atoms with Crippen molar-refractivity contribution in [1.82, 2.24) is 10.2 Å². The van der Waals surface area contributed by atoms with Gasteiger partial charge in [0.1, 0.15) is 5.82 Å². The van der Waals surface area contributed by atoms with E-state index in [1.165, 1.54) is 6.07 Å². The van der Waals surface area contributed by atoms with Gasteiger partial charge in [-0.3, -0.25) is 0 Å². The summed E-state index contributed by atoms with van der Waals surface area (Å²) in [6.45, 7) is 5.59. The molecule has 1 N–H and O–H groups in total. The second-order valence-electron chi connectivity index (χ2n) is 5.67. The van der Waals surface area contributed by atoms with Crippen molar-refractivity contribution in [3.63, 3.8) is 0 Å². The zero-order valence-corrected chi connectivity index (χ0v) is 13.5. The molecule has 1 heterocycles. The molecule has 0 radical (unpaired) electrons. The van der Waals surface area contributed by atoms with Gasteiger partial charge in [0.05, 0.1) is 12.7 Å². The van der Waals surface area contributed by atoms with Crippen LogP contribution in [0.3, 0.4) is 0 Å². The Bertz CT molecular complexity index is 458. The largest absolute Gasteiger partial charge is 0.374 e. The molecule has 118 valence electrons. The number of likely N-dealkylation sites (N-methyl/N-ethyl adjacent to an activating group) is 1. The van der Waals surface area contributed by atoms with Crippen LogP contribution in [0, 0.1) is 5.82 Å². The molecule has 5 heteroatoms. The third-order valence-corrected chi connectivity index (χ3v) is 4.09. The summed E-state index contributed by atoms with van der Waals surface area (Å²) >= 11 is 5.82. The first-order valence-electron chi connectivity index (χ1n) is 7.57. The molecule has 2 atom stereocenters. The van der Waals surface area contributed by atoms with Crippen molar-refractivity contribution < 1.29 is 9.13 Å². The fourth-order valence-corrected chi connectivity index (χ4v) is 2.80. The minimum atomic E-state index is -0.241. The molecule has 1 aromatic rings. The SMILES string of the molecule is CCCNC(Cc1ccc(Cl)cc1F)C1CN(C)CCO1. The second-order valence-corrected chi connectivity index (χ2v) is 6.11. The van der Waals surface area contributed by atoms with Gasteiger partial charge in [-0.1, -0.05) is 24.6 Å². The van der Waals surface area contributed by atoms with E-state index in [0.717, 1.165) is 32.7 Å². The van der Waals surface area contributed by atoms with Gasteiger partial charge in [0.25, 0.3) is 0 Å². The molecule has 0 spiro atoms. The van der Waals surface area contributed by atoms with Gasteiger partial charge in [-0.25, -0.2) is 4.39 Å². The summed E-state index contributed by atoms with van der Waals surface area (Å²) in [4.78, 5) is 2.26. The smallest absolute Gasteiger partial charge is 0.127 e. The maximum absolute atomic E-state index is 14.0. The van der Waals surface area contributed by atoms with E-state index >= 15 is 0 Å². The number of halogens is 2. The molecule has 21 heavy (non-hydrogen) atoms. The van der Waals surface area contributed by atoms with E-state index in [-0.39, 0.29) is 18.0 Å². The van der Waals surface area contributed by atoms with Crippen molar-refractivity contribution in [1.29, 1.82) is 0 Å². The maximum atomic E-state index is 14.0. The first-order valence-corrected chi connectivity index (χ1v) is 7.95. The molecule has 2 rings (SSSR count). The monoisotopic (exact) mass is 314 g/mol. The molecule has 1 aromatic carbocycles. The number of benzene rings is 1. The Morgan fingerprint density at radius 2 is 2.33 bits per heavy atom. The van der Waals surface area contributed by atoms with E-state index in [4.69, 9.17) is 16.3 Å². The highest BCUT2D eigenvalue weighted by atomic mass is 35.5. The third kappa shape index (κ3) is 4.92.